The van der Waals surface area contributed by atoms with Crippen molar-refractivity contribution in [3.8, 4) is 11.4 Å². The second-order valence-corrected chi connectivity index (χ2v) is 6.84. The fourth-order valence-electron chi connectivity index (χ4n) is 3.52. The van der Waals surface area contributed by atoms with Crippen LogP contribution in [0.1, 0.15) is 36.2 Å². The number of fused-ring (bicyclic) bond motifs is 1. The molecule has 0 saturated heterocycles. The zero-order valence-corrected chi connectivity index (χ0v) is 15.4. The quantitative estimate of drug-likeness (QED) is 0.402. The van der Waals surface area contributed by atoms with Gasteiger partial charge in [-0.25, -0.2) is 4.98 Å². The average molecular weight is 354 g/mol. The predicted molar refractivity (Wildman–Crippen MR) is 110 cm³/mol. The fraction of sp³-hybridized carbons (Fsp3) is 0.167. The number of benzene rings is 3. The number of carbonyl (C=O) groups is 1. The van der Waals surface area contributed by atoms with Crippen molar-refractivity contribution in [2.45, 2.75) is 25.8 Å². The van der Waals surface area contributed by atoms with E-state index in [0.717, 1.165) is 34.4 Å². The van der Waals surface area contributed by atoms with Gasteiger partial charge in [0.15, 0.2) is 5.78 Å². The van der Waals surface area contributed by atoms with Crippen molar-refractivity contribution in [1.29, 1.82) is 0 Å². The minimum atomic E-state index is 0.167. The van der Waals surface area contributed by atoms with E-state index in [0.29, 0.717) is 6.42 Å². The van der Waals surface area contributed by atoms with Crippen LogP contribution in [0.4, 0.5) is 0 Å². The molecule has 0 N–H and O–H groups in total. The second kappa shape index (κ2) is 7.58. The molecule has 0 amide bonds. The van der Waals surface area contributed by atoms with Gasteiger partial charge in [-0.3, -0.25) is 4.79 Å². The molecular weight excluding hydrogens is 332 g/mol. The number of nitrogens with zero attached hydrogens (tertiary/aromatic N) is 2. The van der Waals surface area contributed by atoms with E-state index in [1.807, 2.05) is 66.7 Å². The van der Waals surface area contributed by atoms with Crippen LogP contribution in [0.5, 0.6) is 0 Å². The number of hydrogen-bond acceptors (Lipinski definition) is 2. The van der Waals surface area contributed by atoms with Crippen LogP contribution in [-0.2, 0) is 0 Å². The number of hydrogen-bond donors (Lipinski definition) is 0. The fourth-order valence-corrected chi connectivity index (χ4v) is 3.52. The van der Waals surface area contributed by atoms with Gasteiger partial charge in [0.25, 0.3) is 0 Å². The third-order valence-corrected chi connectivity index (χ3v) is 4.95. The Hall–Kier alpha value is -3.20. The smallest absolute Gasteiger partial charge is 0.162 e. The summed E-state index contributed by atoms with van der Waals surface area (Å²) in [7, 11) is 0. The lowest BCUT2D eigenvalue weighted by atomic mass is 10.0. The Balaban J connectivity index is 1.65. The number of para-hydroxylation sites is 2. The highest BCUT2D eigenvalue weighted by molar-refractivity contribution is 5.96. The van der Waals surface area contributed by atoms with Gasteiger partial charge < -0.3 is 4.57 Å². The van der Waals surface area contributed by atoms with E-state index >= 15 is 0 Å². The molecule has 134 valence electrons. The van der Waals surface area contributed by atoms with Crippen LogP contribution in [0.25, 0.3) is 22.4 Å². The van der Waals surface area contributed by atoms with Crippen molar-refractivity contribution in [3.63, 3.8) is 0 Å². The summed E-state index contributed by atoms with van der Waals surface area (Å²) >= 11 is 0. The zero-order valence-electron chi connectivity index (χ0n) is 15.4. The number of Topliss-reactive ketones (excluding diaryl/α,β-unsaturated/α-hetero) is 1. The molecule has 0 radical (unpaired) electrons. The lowest BCUT2D eigenvalue weighted by Gasteiger charge is -2.17. The van der Waals surface area contributed by atoms with Gasteiger partial charge in [-0.05, 0) is 25.5 Å². The van der Waals surface area contributed by atoms with Crippen LogP contribution >= 0.6 is 0 Å². The molecule has 0 saturated carbocycles. The minimum absolute atomic E-state index is 0.167. The Morgan fingerprint density at radius 3 is 2.26 bits per heavy atom. The molecule has 1 aromatic heterocycles. The first-order chi connectivity index (χ1) is 13.2. The normalized spacial score (nSPS) is 12.2. The minimum Gasteiger partial charge on any atom is -0.321 e. The van der Waals surface area contributed by atoms with E-state index in [1.54, 1.807) is 0 Å². The summed E-state index contributed by atoms with van der Waals surface area (Å²) in [6, 6.07) is 28.1. The summed E-state index contributed by atoms with van der Waals surface area (Å²) < 4.78 is 2.27. The van der Waals surface area contributed by atoms with Crippen LogP contribution in [-0.4, -0.2) is 15.3 Å². The molecule has 1 unspecified atom stereocenters. The number of aromatic nitrogens is 2. The summed E-state index contributed by atoms with van der Waals surface area (Å²) in [5.74, 6) is 1.14. The Bertz CT molecular complexity index is 1050. The molecule has 1 heterocycles. The molecule has 0 fully saturated rings. The molecule has 0 bridgehead atoms. The molecule has 0 aliphatic carbocycles. The lowest BCUT2D eigenvalue weighted by molar-refractivity contribution is 0.0975. The van der Waals surface area contributed by atoms with Crippen LogP contribution in [0.2, 0.25) is 0 Å². The molecule has 4 aromatic rings. The van der Waals surface area contributed by atoms with Crippen LogP contribution in [0.15, 0.2) is 84.9 Å². The molecule has 1 atom stereocenters. The number of imidazole rings is 1. The largest absolute Gasteiger partial charge is 0.321 e. The van der Waals surface area contributed by atoms with Gasteiger partial charge in [0.2, 0.25) is 0 Å². The zero-order chi connectivity index (χ0) is 18.6. The third kappa shape index (κ3) is 3.54. The first-order valence-corrected chi connectivity index (χ1v) is 9.34. The van der Waals surface area contributed by atoms with E-state index < -0.39 is 0 Å². The first kappa shape index (κ1) is 17.2. The first-order valence-electron chi connectivity index (χ1n) is 9.34. The highest BCUT2D eigenvalue weighted by atomic mass is 16.1. The number of carbonyl (C=O) groups excluding carboxylic acids is 1. The highest BCUT2D eigenvalue weighted by Crippen LogP contribution is 2.30. The monoisotopic (exact) mass is 354 g/mol. The van der Waals surface area contributed by atoms with Crippen molar-refractivity contribution < 1.29 is 4.79 Å². The molecular formula is C24H22N2O. The molecule has 3 nitrogen and oxygen atoms in total. The second-order valence-electron chi connectivity index (χ2n) is 6.84. The standard InChI is InChI=1S/C24H22N2O/c1-18(16-17-23(27)19-10-4-2-5-11-19)26-22-15-9-8-14-21(22)25-24(26)20-12-6-3-7-13-20/h2-15,18H,16-17H2,1H3. The van der Waals surface area contributed by atoms with Gasteiger partial charge in [0.05, 0.1) is 11.0 Å². The molecule has 27 heavy (non-hydrogen) atoms. The Morgan fingerprint density at radius 2 is 1.52 bits per heavy atom. The summed E-state index contributed by atoms with van der Waals surface area (Å²) in [4.78, 5) is 17.4. The topological polar surface area (TPSA) is 34.9 Å². The van der Waals surface area contributed by atoms with Crippen molar-refractivity contribution in [2.24, 2.45) is 0 Å². The SMILES string of the molecule is CC(CCC(=O)c1ccccc1)n1c(-c2ccccc2)nc2ccccc21. The van der Waals surface area contributed by atoms with Crippen LogP contribution in [0, 0.1) is 0 Å². The molecule has 0 spiro atoms. The maximum Gasteiger partial charge on any atom is 0.162 e. The van der Waals surface area contributed by atoms with Crippen molar-refractivity contribution in [1.82, 2.24) is 9.55 Å². The molecule has 0 aliphatic heterocycles. The number of rotatable bonds is 6. The summed E-state index contributed by atoms with van der Waals surface area (Å²) in [6.45, 7) is 2.17. The van der Waals surface area contributed by atoms with Crippen LogP contribution < -0.4 is 0 Å². The maximum atomic E-state index is 12.5. The van der Waals surface area contributed by atoms with Gasteiger partial charge in [-0.1, -0.05) is 72.8 Å². The van der Waals surface area contributed by atoms with Crippen molar-refractivity contribution in [3.05, 3.63) is 90.5 Å². The van der Waals surface area contributed by atoms with E-state index in [4.69, 9.17) is 4.98 Å². The third-order valence-electron chi connectivity index (χ3n) is 4.95. The van der Waals surface area contributed by atoms with Gasteiger partial charge in [0.1, 0.15) is 5.82 Å². The Kier molecular flexibility index (Phi) is 4.84. The predicted octanol–water partition coefficient (Wildman–Crippen LogP) is 5.93. The highest BCUT2D eigenvalue weighted by Gasteiger charge is 2.18. The van der Waals surface area contributed by atoms with E-state index in [1.165, 1.54) is 0 Å². The maximum absolute atomic E-state index is 12.5. The van der Waals surface area contributed by atoms with Gasteiger partial charge in [-0.2, -0.15) is 0 Å². The summed E-state index contributed by atoms with van der Waals surface area (Å²) in [5, 5.41) is 0. The van der Waals surface area contributed by atoms with Crippen molar-refractivity contribution >= 4 is 16.8 Å². The number of ketones is 1. The van der Waals surface area contributed by atoms with E-state index in [9.17, 15) is 4.79 Å². The van der Waals surface area contributed by atoms with Gasteiger partial charge in [-0.15, -0.1) is 0 Å². The molecule has 4 rings (SSSR count). The molecule has 3 heteroatoms. The Labute approximate surface area is 159 Å². The van der Waals surface area contributed by atoms with Gasteiger partial charge >= 0.3 is 0 Å². The summed E-state index contributed by atoms with van der Waals surface area (Å²) in [5.41, 5.74) is 3.96. The van der Waals surface area contributed by atoms with Gasteiger partial charge in [0, 0.05) is 23.6 Å². The Morgan fingerprint density at radius 1 is 0.889 bits per heavy atom. The van der Waals surface area contributed by atoms with Crippen LogP contribution in [0.3, 0.4) is 0 Å². The lowest BCUT2D eigenvalue weighted by Crippen LogP contribution is -2.10. The molecule has 0 aliphatic rings. The van der Waals surface area contributed by atoms with E-state index in [2.05, 4.69) is 29.7 Å². The van der Waals surface area contributed by atoms with Crippen molar-refractivity contribution in [2.75, 3.05) is 0 Å². The van der Waals surface area contributed by atoms with E-state index in [-0.39, 0.29) is 11.8 Å². The average Bonchev–Trinajstić information content (AvgIpc) is 3.13. The molecule has 3 aromatic carbocycles. The summed E-state index contributed by atoms with van der Waals surface area (Å²) in [6.07, 6.45) is 1.29.